The maximum Gasteiger partial charge on any atom is 0.235 e. The third-order valence-electron chi connectivity index (χ3n) is 1.28. The van der Waals surface area contributed by atoms with E-state index in [-0.39, 0.29) is 0 Å². The second kappa shape index (κ2) is 6.21. The van der Waals surface area contributed by atoms with Crippen molar-refractivity contribution in [3.05, 3.63) is 0 Å². The molecule has 1 amide bonds. The molecule has 0 radical (unpaired) electrons. The zero-order valence-corrected chi connectivity index (χ0v) is 9.12. The van der Waals surface area contributed by atoms with Gasteiger partial charge in [-0.1, -0.05) is 0 Å². The van der Waals surface area contributed by atoms with Crippen molar-refractivity contribution in [1.29, 1.82) is 0 Å². The van der Waals surface area contributed by atoms with Crippen molar-refractivity contribution in [3.63, 3.8) is 0 Å². The molecule has 1 N–H and O–H groups in total. The van der Waals surface area contributed by atoms with E-state index >= 15 is 0 Å². The fourth-order valence-corrected chi connectivity index (χ4v) is 1.50. The zero-order chi connectivity index (χ0) is 10.3. The average Bonchev–Trinajstić information content (AvgIpc) is 1.94. The van der Waals surface area contributed by atoms with E-state index < -0.39 is 21.5 Å². The molecule has 0 aromatic carbocycles. The minimum absolute atomic E-state index is 0.437. The van der Waals surface area contributed by atoms with E-state index in [2.05, 4.69) is 5.32 Å². The first kappa shape index (κ1) is 12.7. The molecule has 0 atom stereocenters. The molecule has 0 aromatic rings. The molecule has 0 heterocycles. The van der Waals surface area contributed by atoms with Crippen LogP contribution in [0.1, 0.15) is 12.8 Å². The molecule has 0 spiro atoms. The first-order chi connectivity index (χ1) is 5.95. The highest BCUT2D eigenvalue weighted by molar-refractivity contribution is 7.91. The summed E-state index contributed by atoms with van der Waals surface area (Å²) in [6, 6.07) is 0. The lowest BCUT2D eigenvalue weighted by atomic mass is 10.3. The van der Waals surface area contributed by atoms with Crippen LogP contribution in [0.2, 0.25) is 0 Å². The normalized spacial score (nSPS) is 11.2. The zero-order valence-electron chi connectivity index (χ0n) is 7.55. The summed E-state index contributed by atoms with van der Waals surface area (Å²) in [6.45, 7) is 0.487. The highest BCUT2D eigenvalue weighted by Crippen LogP contribution is 1.89. The van der Waals surface area contributed by atoms with E-state index in [9.17, 15) is 13.2 Å². The summed E-state index contributed by atoms with van der Waals surface area (Å²) in [5.74, 6) is -0.326. The summed E-state index contributed by atoms with van der Waals surface area (Å²) >= 11 is 5.41. The smallest absolute Gasteiger partial charge is 0.235 e. The van der Waals surface area contributed by atoms with Gasteiger partial charge < -0.3 is 5.32 Å². The number of halogens is 1. The Morgan fingerprint density at radius 1 is 1.38 bits per heavy atom. The Hall–Kier alpha value is -0.290. The molecule has 0 saturated heterocycles. The van der Waals surface area contributed by atoms with Crippen molar-refractivity contribution in [2.24, 2.45) is 0 Å². The number of rotatable bonds is 6. The number of carbonyl (C=O) groups excluding carboxylic acids is 1. The van der Waals surface area contributed by atoms with Gasteiger partial charge in [0.05, 0.1) is 0 Å². The van der Waals surface area contributed by atoms with Gasteiger partial charge >= 0.3 is 0 Å². The summed E-state index contributed by atoms with van der Waals surface area (Å²) in [5.41, 5.74) is 0. The molecule has 0 fully saturated rings. The van der Waals surface area contributed by atoms with Gasteiger partial charge in [-0.25, -0.2) is 8.42 Å². The van der Waals surface area contributed by atoms with Crippen LogP contribution in [0.3, 0.4) is 0 Å². The highest BCUT2D eigenvalue weighted by Gasteiger charge is 2.09. The molecule has 0 bridgehead atoms. The van der Waals surface area contributed by atoms with E-state index in [1.807, 2.05) is 0 Å². The first-order valence-electron chi connectivity index (χ1n) is 3.96. The summed E-state index contributed by atoms with van der Waals surface area (Å²) in [6.07, 6.45) is 2.63. The first-order valence-corrected chi connectivity index (χ1v) is 6.55. The lowest BCUT2D eigenvalue weighted by Gasteiger charge is -2.02. The fraction of sp³-hybridized carbons (Fsp3) is 0.857. The van der Waals surface area contributed by atoms with Gasteiger partial charge in [-0.3, -0.25) is 4.79 Å². The Morgan fingerprint density at radius 2 is 2.00 bits per heavy atom. The molecular weight excluding hydrogens is 214 g/mol. The molecule has 0 aliphatic heterocycles. The average molecular weight is 228 g/mol. The molecule has 0 unspecified atom stereocenters. The minimum Gasteiger partial charge on any atom is -0.355 e. The second-order valence-corrected chi connectivity index (χ2v) is 5.33. The van der Waals surface area contributed by atoms with Gasteiger partial charge in [-0.05, 0) is 12.8 Å². The maximum atomic E-state index is 10.9. The Labute approximate surface area is 83.6 Å². The van der Waals surface area contributed by atoms with Crippen molar-refractivity contribution in [3.8, 4) is 0 Å². The molecule has 4 nitrogen and oxygen atoms in total. The van der Waals surface area contributed by atoms with E-state index in [0.29, 0.717) is 12.4 Å². The lowest BCUT2D eigenvalue weighted by molar-refractivity contribution is -0.118. The molecule has 13 heavy (non-hydrogen) atoms. The van der Waals surface area contributed by atoms with Crippen molar-refractivity contribution < 1.29 is 13.2 Å². The van der Waals surface area contributed by atoms with Crippen molar-refractivity contribution >= 4 is 27.3 Å². The number of carbonyl (C=O) groups is 1. The third kappa shape index (κ3) is 9.63. The van der Waals surface area contributed by atoms with Gasteiger partial charge in [0.15, 0.2) is 9.84 Å². The lowest BCUT2D eigenvalue weighted by Crippen LogP contribution is -2.30. The topological polar surface area (TPSA) is 63.2 Å². The van der Waals surface area contributed by atoms with Crippen molar-refractivity contribution in [1.82, 2.24) is 5.32 Å². The van der Waals surface area contributed by atoms with Crippen LogP contribution in [0.15, 0.2) is 0 Å². The van der Waals surface area contributed by atoms with Gasteiger partial charge in [-0.2, -0.15) is 0 Å². The number of hydrogen-bond donors (Lipinski definition) is 1. The molecular formula is C7H14ClNO3S. The Balaban J connectivity index is 3.53. The van der Waals surface area contributed by atoms with E-state index in [4.69, 9.17) is 11.6 Å². The Bertz CT molecular complexity index is 250. The maximum absolute atomic E-state index is 10.9. The number of amides is 1. The number of hydrogen-bond acceptors (Lipinski definition) is 3. The quantitative estimate of drug-likeness (QED) is 0.520. The molecule has 0 aromatic heterocycles. The molecule has 0 rings (SSSR count). The number of sulfone groups is 1. The van der Waals surface area contributed by atoms with Crippen LogP contribution in [-0.2, 0) is 14.6 Å². The molecule has 78 valence electrons. The van der Waals surface area contributed by atoms with Gasteiger partial charge in [0.1, 0.15) is 5.75 Å². The third-order valence-corrected chi connectivity index (χ3v) is 2.33. The van der Waals surface area contributed by atoms with Crippen LogP contribution < -0.4 is 5.32 Å². The van der Waals surface area contributed by atoms with Gasteiger partial charge in [-0.15, -0.1) is 11.6 Å². The van der Waals surface area contributed by atoms with Crippen LogP contribution in [0.4, 0.5) is 0 Å². The van der Waals surface area contributed by atoms with Gasteiger partial charge in [0, 0.05) is 18.7 Å². The SMILES string of the molecule is CS(=O)(=O)CC(=O)NCCCCCl. The summed E-state index contributed by atoms with van der Waals surface area (Å²) in [7, 11) is -3.20. The number of unbranched alkanes of at least 4 members (excludes halogenated alkanes) is 1. The van der Waals surface area contributed by atoms with E-state index in [0.717, 1.165) is 19.1 Å². The number of nitrogens with one attached hydrogen (secondary N) is 1. The minimum atomic E-state index is -3.20. The van der Waals surface area contributed by atoms with Crippen LogP contribution >= 0.6 is 11.6 Å². The van der Waals surface area contributed by atoms with E-state index in [1.165, 1.54) is 0 Å². The largest absolute Gasteiger partial charge is 0.355 e. The molecule has 0 aliphatic rings. The molecule has 0 saturated carbocycles. The Morgan fingerprint density at radius 3 is 2.46 bits per heavy atom. The Kier molecular flexibility index (Phi) is 6.07. The van der Waals surface area contributed by atoms with Gasteiger partial charge in [0.2, 0.25) is 5.91 Å². The standard InChI is InChI=1S/C7H14ClNO3S/c1-13(11,12)6-7(10)9-5-3-2-4-8/h2-6H2,1H3,(H,9,10). The van der Waals surface area contributed by atoms with Gasteiger partial charge in [0.25, 0.3) is 0 Å². The van der Waals surface area contributed by atoms with Crippen molar-refractivity contribution in [2.75, 3.05) is 24.4 Å². The summed E-state index contributed by atoms with van der Waals surface area (Å²) in [5, 5.41) is 2.50. The summed E-state index contributed by atoms with van der Waals surface area (Å²) < 4.78 is 21.3. The second-order valence-electron chi connectivity index (χ2n) is 2.82. The predicted octanol–water partition coefficient (Wildman–Crippen LogP) is 0.166. The molecule has 6 heteroatoms. The van der Waals surface area contributed by atoms with Crippen LogP contribution in [-0.4, -0.2) is 38.8 Å². The van der Waals surface area contributed by atoms with Crippen LogP contribution in [0.5, 0.6) is 0 Å². The molecule has 0 aliphatic carbocycles. The summed E-state index contributed by atoms with van der Waals surface area (Å²) in [4.78, 5) is 10.9. The highest BCUT2D eigenvalue weighted by atomic mass is 35.5. The van der Waals surface area contributed by atoms with Crippen LogP contribution in [0.25, 0.3) is 0 Å². The number of alkyl halides is 1. The van der Waals surface area contributed by atoms with E-state index in [1.54, 1.807) is 0 Å². The predicted molar refractivity (Wildman–Crippen MR) is 52.7 cm³/mol. The monoisotopic (exact) mass is 227 g/mol. The van der Waals surface area contributed by atoms with Crippen molar-refractivity contribution in [2.45, 2.75) is 12.8 Å². The van der Waals surface area contributed by atoms with Crippen LogP contribution in [0, 0.1) is 0 Å². The fourth-order valence-electron chi connectivity index (χ4n) is 0.736.